The molecular weight excluding hydrogens is 448 g/mol. The number of urea groups is 1. The van der Waals surface area contributed by atoms with Gasteiger partial charge in [-0.15, -0.1) is 10.2 Å². The lowest BCUT2D eigenvalue weighted by Gasteiger charge is -2.63. The first-order valence-corrected chi connectivity index (χ1v) is 13.5. The van der Waals surface area contributed by atoms with Crippen molar-refractivity contribution in [1.29, 1.82) is 0 Å². The van der Waals surface area contributed by atoms with Crippen LogP contribution < -0.4 is 0 Å². The summed E-state index contributed by atoms with van der Waals surface area (Å²) in [5.41, 5.74) is 0.700. The molecule has 0 bridgehead atoms. The fraction of sp³-hybridized carbons (Fsp3) is 0.792. The molecule has 2 aromatic heterocycles. The molecule has 3 aliphatic heterocycles. The topological polar surface area (TPSA) is 83.3 Å². The SMILES string of the molecule is CC(C)(C)c1nnc(CN2CC3(C2)CN(C(=O)N2CC4(CC(n5cnc(C6CC6)n5)C4)C2)C3)s1. The second-order valence-corrected chi connectivity index (χ2v) is 13.9. The molecule has 2 spiro atoms. The maximum absolute atomic E-state index is 13.0. The van der Waals surface area contributed by atoms with Gasteiger partial charge in [-0.3, -0.25) is 4.90 Å². The molecule has 10 heteroatoms. The average molecular weight is 483 g/mol. The highest BCUT2D eigenvalue weighted by molar-refractivity contribution is 7.11. The Morgan fingerprint density at radius 1 is 1.03 bits per heavy atom. The van der Waals surface area contributed by atoms with Crippen LogP contribution in [0.2, 0.25) is 0 Å². The first kappa shape index (κ1) is 21.2. The molecule has 7 rings (SSSR count). The first-order chi connectivity index (χ1) is 16.2. The van der Waals surface area contributed by atoms with Crippen molar-refractivity contribution in [3.05, 3.63) is 22.2 Å². The molecule has 2 aliphatic carbocycles. The zero-order chi connectivity index (χ0) is 23.3. The third-order valence-corrected chi connectivity index (χ3v) is 9.75. The Hall–Kier alpha value is -2.07. The predicted octanol–water partition coefficient (Wildman–Crippen LogP) is 2.88. The zero-order valence-electron chi connectivity index (χ0n) is 20.4. The fourth-order valence-corrected chi connectivity index (χ4v) is 7.34. The van der Waals surface area contributed by atoms with Crippen LogP contribution in [-0.2, 0) is 12.0 Å². The minimum absolute atomic E-state index is 0.0622. The van der Waals surface area contributed by atoms with E-state index in [-0.39, 0.29) is 11.4 Å². The van der Waals surface area contributed by atoms with Gasteiger partial charge in [-0.25, -0.2) is 14.5 Å². The van der Waals surface area contributed by atoms with Crippen molar-refractivity contribution in [2.24, 2.45) is 10.8 Å². The van der Waals surface area contributed by atoms with Crippen molar-refractivity contribution in [2.75, 3.05) is 39.3 Å². The van der Waals surface area contributed by atoms with Gasteiger partial charge in [-0.05, 0) is 25.7 Å². The van der Waals surface area contributed by atoms with E-state index in [9.17, 15) is 4.79 Å². The molecule has 2 saturated carbocycles. The highest BCUT2D eigenvalue weighted by atomic mass is 32.1. The van der Waals surface area contributed by atoms with Crippen LogP contribution in [0.25, 0.3) is 0 Å². The van der Waals surface area contributed by atoms with Gasteiger partial charge >= 0.3 is 6.03 Å². The van der Waals surface area contributed by atoms with Crippen molar-refractivity contribution in [3.63, 3.8) is 0 Å². The van der Waals surface area contributed by atoms with E-state index in [0.29, 0.717) is 22.8 Å². The quantitative estimate of drug-likeness (QED) is 0.666. The van der Waals surface area contributed by atoms with E-state index in [0.717, 1.165) is 74.5 Å². The van der Waals surface area contributed by atoms with Crippen molar-refractivity contribution in [2.45, 2.75) is 70.4 Å². The minimum Gasteiger partial charge on any atom is -0.323 e. The van der Waals surface area contributed by atoms with E-state index in [1.807, 2.05) is 6.33 Å². The lowest BCUT2D eigenvalue weighted by atomic mass is 9.60. The van der Waals surface area contributed by atoms with Gasteiger partial charge in [0.2, 0.25) is 0 Å². The van der Waals surface area contributed by atoms with Crippen LogP contribution in [0.3, 0.4) is 0 Å². The lowest BCUT2D eigenvalue weighted by molar-refractivity contribution is -0.120. The molecule has 0 N–H and O–H groups in total. The smallest absolute Gasteiger partial charge is 0.320 e. The van der Waals surface area contributed by atoms with Gasteiger partial charge in [0.1, 0.15) is 16.3 Å². The normalized spacial score (nSPS) is 25.7. The number of aromatic nitrogens is 5. The summed E-state index contributed by atoms with van der Waals surface area (Å²) in [4.78, 5) is 24.0. The third kappa shape index (κ3) is 3.47. The zero-order valence-corrected chi connectivity index (χ0v) is 21.2. The molecule has 34 heavy (non-hydrogen) atoms. The number of hydrogen-bond donors (Lipinski definition) is 0. The van der Waals surface area contributed by atoms with Crippen LogP contribution in [0.15, 0.2) is 6.33 Å². The molecule has 2 aromatic rings. The van der Waals surface area contributed by atoms with E-state index in [2.05, 4.69) is 55.3 Å². The standard InChI is InChI=1S/C24H34N8OS/c1-22(2,3)20-27-26-18(34-20)8-29-9-24(10-29)13-31(14-24)21(33)30-11-23(12-30)6-17(7-23)32-15-25-19(28-32)16-4-5-16/h15-17H,4-14H2,1-3H3. The summed E-state index contributed by atoms with van der Waals surface area (Å²) in [5.74, 6) is 1.64. The lowest BCUT2D eigenvalue weighted by Crippen LogP contribution is -2.75. The third-order valence-electron chi connectivity index (χ3n) is 8.41. The van der Waals surface area contributed by atoms with E-state index >= 15 is 0 Å². The summed E-state index contributed by atoms with van der Waals surface area (Å²) >= 11 is 1.73. The van der Waals surface area contributed by atoms with E-state index < -0.39 is 0 Å². The number of likely N-dealkylation sites (tertiary alicyclic amines) is 3. The van der Waals surface area contributed by atoms with Crippen molar-refractivity contribution < 1.29 is 4.79 Å². The highest BCUT2D eigenvalue weighted by Crippen LogP contribution is 2.54. The molecule has 3 saturated heterocycles. The van der Waals surface area contributed by atoms with Crippen molar-refractivity contribution >= 4 is 17.4 Å². The van der Waals surface area contributed by atoms with Gasteiger partial charge < -0.3 is 9.80 Å². The van der Waals surface area contributed by atoms with Crippen LogP contribution in [0.1, 0.15) is 74.3 Å². The predicted molar refractivity (Wildman–Crippen MR) is 128 cm³/mol. The number of hydrogen-bond acceptors (Lipinski definition) is 7. The van der Waals surface area contributed by atoms with Crippen LogP contribution in [-0.4, -0.2) is 85.0 Å². The average Bonchev–Trinajstić information content (AvgIpc) is 3.19. The Morgan fingerprint density at radius 3 is 2.32 bits per heavy atom. The number of carbonyl (C=O) groups is 1. The maximum atomic E-state index is 13.0. The Morgan fingerprint density at radius 2 is 1.71 bits per heavy atom. The maximum Gasteiger partial charge on any atom is 0.320 e. The Labute approximate surface area is 204 Å². The van der Waals surface area contributed by atoms with Gasteiger partial charge in [0.05, 0.1) is 12.6 Å². The van der Waals surface area contributed by atoms with Crippen molar-refractivity contribution in [3.8, 4) is 0 Å². The molecule has 0 radical (unpaired) electrons. The van der Waals surface area contributed by atoms with E-state index in [4.69, 9.17) is 5.10 Å². The van der Waals surface area contributed by atoms with Crippen molar-refractivity contribution in [1.82, 2.24) is 39.7 Å². The van der Waals surface area contributed by atoms with Gasteiger partial charge in [0.15, 0.2) is 5.82 Å². The molecule has 182 valence electrons. The van der Waals surface area contributed by atoms with E-state index in [1.54, 1.807) is 11.3 Å². The summed E-state index contributed by atoms with van der Waals surface area (Å²) in [7, 11) is 0. The molecule has 0 unspecified atom stereocenters. The molecule has 5 fully saturated rings. The molecule has 5 heterocycles. The van der Waals surface area contributed by atoms with E-state index in [1.165, 1.54) is 12.8 Å². The first-order valence-electron chi connectivity index (χ1n) is 12.7. The highest BCUT2D eigenvalue weighted by Gasteiger charge is 2.58. The summed E-state index contributed by atoms with van der Waals surface area (Å²) in [5, 5.41) is 15.7. The molecule has 0 atom stereocenters. The number of carbonyl (C=O) groups excluding carboxylic acids is 1. The van der Waals surface area contributed by atoms with Gasteiger partial charge in [0, 0.05) is 61.4 Å². The van der Waals surface area contributed by atoms with Crippen LogP contribution in [0, 0.1) is 10.8 Å². The monoisotopic (exact) mass is 482 g/mol. The Bertz CT molecular complexity index is 1100. The summed E-state index contributed by atoms with van der Waals surface area (Å²) in [6.45, 7) is 13.2. The van der Waals surface area contributed by atoms with Crippen LogP contribution in [0.4, 0.5) is 4.79 Å². The van der Waals surface area contributed by atoms with Gasteiger partial charge in [-0.2, -0.15) is 5.10 Å². The molecule has 5 aliphatic rings. The molecular formula is C24H34N8OS. The number of rotatable bonds is 4. The summed E-state index contributed by atoms with van der Waals surface area (Å²) < 4.78 is 2.08. The fourth-order valence-electron chi connectivity index (χ4n) is 6.40. The molecule has 2 amide bonds. The minimum atomic E-state index is 0.0622. The summed E-state index contributed by atoms with van der Waals surface area (Å²) in [6.07, 6.45) is 6.67. The van der Waals surface area contributed by atoms with Gasteiger partial charge in [-0.1, -0.05) is 32.1 Å². The Balaban J connectivity index is 0.844. The van der Waals surface area contributed by atoms with Gasteiger partial charge in [0.25, 0.3) is 0 Å². The summed E-state index contributed by atoms with van der Waals surface area (Å²) in [6, 6.07) is 0.715. The van der Waals surface area contributed by atoms with Crippen LogP contribution in [0.5, 0.6) is 0 Å². The molecule has 0 aromatic carbocycles. The number of amides is 2. The second-order valence-electron chi connectivity index (χ2n) is 12.8. The largest absolute Gasteiger partial charge is 0.323 e. The number of nitrogens with zero attached hydrogens (tertiary/aromatic N) is 8. The Kier molecular flexibility index (Phi) is 4.37. The second kappa shape index (κ2) is 7.00. The van der Waals surface area contributed by atoms with Crippen LogP contribution >= 0.6 is 11.3 Å². The molecule has 9 nitrogen and oxygen atoms in total.